The maximum Gasteiger partial charge on any atom is 0.432 e. The lowest BCUT2D eigenvalue weighted by Gasteiger charge is -2.39. The Morgan fingerprint density at radius 3 is 2.41 bits per heavy atom. The van der Waals surface area contributed by atoms with E-state index in [1.54, 1.807) is 6.07 Å². The number of alkyl halides is 3. The number of hydrogen-bond acceptors (Lipinski definition) is 3. The monoisotopic (exact) mass is 378 g/mol. The van der Waals surface area contributed by atoms with Crippen LogP contribution < -0.4 is 9.47 Å². The van der Waals surface area contributed by atoms with Crippen LogP contribution >= 0.6 is 0 Å². The van der Waals surface area contributed by atoms with Gasteiger partial charge in [-0.3, -0.25) is 0 Å². The number of fused-ring (bicyclic) bond motifs is 1. The first-order valence-corrected chi connectivity index (χ1v) is 8.22. The summed E-state index contributed by atoms with van der Waals surface area (Å²) < 4.78 is 51.9. The third-order valence-electron chi connectivity index (χ3n) is 4.62. The molecule has 0 fully saturated rings. The molecule has 0 amide bonds. The maximum absolute atomic E-state index is 13.8. The predicted octanol–water partition coefficient (Wildman–Crippen LogP) is 4.93. The van der Waals surface area contributed by atoms with Crippen molar-refractivity contribution in [2.24, 2.45) is 0 Å². The minimum Gasteiger partial charge on any atom is -0.496 e. The molecule has 1 atom stereocenters. The summed E-state index contributed by atoms with van der Waals surface area (Å²) in [6.45, 7) is 1.24. The molecule has 1 heterocycles. The quantitative estimate of drug-likeness (QED) is 0.819. The number of rotatable bonds is 4. The molecule has 1 unspecified atom stereocenters. The number of ether oxygens (including phenoxy) is 2. The van der Waals surface area contributed by atoms with Crippen molar-refractivity contribution in [2.75, 3.05) is 7.11 Å². The number of benzene rings is 2. The van der Waals surface area contributed by atoms with Crippen LogP contribution in [0.5, 0.6) is 11.5 Å². The molecule has 4 nitrogen and oxygen atoms in total. The van der Waals surface area contributed by atoms with E-state index in [1.165, 1.54) is 20.1 Å². The van der Waals surface area contributed by atoms with E-state index in [0.29, 0.717) is 11.3 Å². The van der Waals surface area contributed by atoms with Gasteiger partial charge >= 0.3 is 12.1 Å². The van der Waals surface area contributed by atoms with Crippen LogP contribution in [-0.4, -0.2) is 30.0 Å². The van der Waals surface area contributed by atoms with Crippen molar-refractivity contribution in [2.45, 2.75) is 25.1 Å². The van der Waals surface area contributed by atoms with Gasteiger partial charge in [0, 0.05) is 17.2 Å². The fourth-order valence-corrected chi connectivity index (χ4v) is 3.21. The molecule has 0 aromatic heterocycles. The first kappa shape index (κ1) is 18.8. The fourth-order valence-electron chi connectivity index (χ4n) is 3.21. The van der Waals surface area contributed by atoms with Gasteiger partial charge in [0.2, 0.25) is 5.60 Å². The highest BCUT2D eigenvalue weighted by Crippen LogP contribution is 2.49. The van der Waals surface area contributed by atoms with Crippen molar-refractivity contribution in [1.29, 1.82) is 0 Å². The van der Waals surface area contributed by atoms with E-state index in [9.17, 15) is 23.1 Å². The molecule has 0 radical (unpaired) electrons. The third-order valence-corrected chi connectivity index (χ3v) is 4.62. The number of carboxylic acid groups (broad SMARTS) is 1. The maximum atomic E-state index is 13.8. The van der Waals surface area contributed by atoms with Crippen LogP contribution in [0.25, 0.3) is 17.2 Å². The minimum atomic E-state index is -4.89. The Kier molecular flexibility index (Phi) is 4.63. The molecule has 142 valence electrons. The van der Waals surface area contributed by atoms with Crippen molar-refractivity contribution in [3.05, 3.63) is 53.6 Å². The Labute approximate surface area is 153 Å². The Balaban J connectivity index is 2.25. The molecule has 7 heteroatoms. The van der Waals surface area contributed by atoms with Gasteiger partial charge in [0.1, 0.15) is 11.5 Å². The smallest absolute Gasteiger partial charge is 0.432 e. The van der Waals surface area contributed by atoms with Crippen molar-refractivity contribution in [1.82, 2.24) is 0 Å². The van der Waals surface area contributed by atoms with Crippen LogP contribution in [0.4, 0.5) is 13.2 Å². The summed E-state index contributed by atoms with van der Waals surface area (Å²) in [7, 11) is 1.41. The van der Waals surface area contributed by atoms with Crippen molar-refractivity contribution < 1.29 is 32.5 Å². The van der Waals surface area contributed by atoms with E-state index in [2.05, 4.69) is 0 Å². The van der Waals surface area contributed by atoms with Gasteiger partial charge < -0.3 is 14.6 Å². The van der Waals surface area contributed by atoms with Crippen molar-refractivity contribution in [3.63, 3.8) is 0 Å². The second kappa shape index (κ2) is 6.64. The summed E-state index contributed by atoms with van der Waals surface area (Å²) in [6.07, 6.45) is -4.43. The SMILES string of the molecule is CCC1(C(F)(F)F)Oc2cc(OC)c(-c3ccccc3)cc2C=C1C(=O)O. The Bertz CT molecular complexity index is 903. The average Bonchev–Trinajstić information content (AvgIpc) is 2.65. The van der Waals surface area contributed by atoms with E-state index in [1.807, 2.05) is 30.3 Å². The summed E-state index contributed by atoms with van der Waals surface area (Å²) in [4.78, 5) is 11.6. The third kappa shape index (κ3) is 3.03. The highest BCUT2D eigenvalue weighted by atomic mass is 19.4. The molecule has 2 aromatic carbocycles. The van der Waals surface area contributed by atoms with Crippen LogP contribution in [0.1, 0.15) is 18.9 Å². The average molecular weight is 378 g/mol. The molecule has 0 aliphatic carbocycles. The first-order chi connectivity index (χ1) is 12.7. The van der Waals surface area contributed by atoms with Gasteiger partial charge in [0.05, 0.1) is 12.7 Å². The predicted molar refractivity (Wildman–Crippen MR) is 93.7 cm³/mol. The molecule has 27 heavy (non-hydrogen) atoms. The highest BCUT2D eigenvalue weighted by molar-refractivity contribution is 5.97. The topological polar surface area (TPSA) is 55.8 Å². The van der Waals surface area contributed by atoms with Gasteiger partial charge in [-0.15, -0.1) is 0 Å². The van der Waals surface area contributed by atoms with Gasteiger partial charge in [-0.1, -0.05) is 37.3 Å². The van der Waals surface area contributed by atoms with Crippen LogP contribution in [0.3, 0.4) is 0 Å². The number of carboxylic acids is 1. The minimum absolute atomic E-state index is 0.0734. The van der Waals surface area contributed by atoms with Crippen molar-refractivity contribution in [3.8, 4) is 22.6 Å². The molecular formula is C20H17F3O4. The fraction of sp³-hybridized carbons (Fsp3) is 0.250. The summed E-state index contributed by atoms with van der Waals surface area (Å²) in [5, 5.41) is 9.41. The molecule has 1 N–H and O–H groups in total. The number of aliphatic carboxylic acids is 1. The summed E-state index contributed by atoms with van der Waals surface area (Å²) in [5.41, 5.74) is -2.09. The molecule has 3 rings (SSSR count). The largest absolute Gasteiger partial charge is 0.496 e. The summed E-state index contributed by atoms with van der Waals surface area (Å²) >= 11 is 0. The number of methoxy groups -OCH3 is 1. The van der Waals surface area contributed by atoms with Crippen LogP contribution in [0, 0.1) is 0 Å². The molecule has 0 saturated heterocycles. The zero-order chi connectivity index (χ0) is 19.8. The second-order valence-corrected chi connectivity index (χ2v) is 6.10. The lowest BCUT2D eigenvalue weighted by molar-refractivity contribution is -0.236. The normalized spacial score (nSPS) is 18.9. The summed E-state index contributed by atoms with van der Waals surface area (Å²) in [5.74, 6) is -1.41. The van der Waals surface area contributed by atoms with Crippen LogP contribution in [0.15, 0.2) is 48.0 Å². The van der Waals surface area contributed by atoms with E-state index in [0.717, 1.165) is 11.6 Å². The molecular weight excluding hydrogens is 361 g/mol. The molecule has 1 aliphatic heterocycles. The highest BCUT2D eigenvalue weighted by Gasteiger charge is 2.62. The van der Waals surface area contributed by atoms with Gasteiger partial charge in [-0.2, -0.15) is 13.2 Å². The molecule has 1 aliphatic rings. The molecule has 2 aromatic rings. The van der Waals surface area contributed by atoms with Gasteiger partial charge in [-0.25, -0.2) is 4.79 Å². The molecule has 0 bridgehead atoms. The zero-order valence-electron chi connectivity index (χ0n) is 14.6. The lowest BCUT2D eigenvalue weighted by Crippen LogP contribution is -2.54. The van der Waals surface area contributed by atoms with Crippen molar-refractivity contribution >= 4 is 12.0 Å². The van der Waals surface area contributed by atoms with E-state index >= 15 is 0 Å². The van der Waals surface area contributed by atoms with Gasteiger partial charge in [0.15, 0.2) is 0 Å². The van der Waals surface area contributed by atoms with Crippen LogP contribution in [-0.2, 0) is 4.79 Å². The molecule has 0 spiro atoms. The zero-order valence-corrected chi connectivity index (χ0v) is 14.6. The number of carbonyl (C=O) groups is 1. The number of hydrogen-bond donors (Lipinski definition) is 1. The Morgan fingerprint density at radius 1 is 1.22 bits per heavy atom. The van der Waals surface area contributed by atoms with E-state index in [4.69, 9.17) is 9.47 Å². The van der Waals surface area contributed by atoms with Crippen LogP contribution in [0.2, 0.25) is 0 Å². The van der Waals surface area contributed by atoms with Gasteiger partial charge in [0.25, 0.3) is 0 Å². The summed E-state index contributed by atoms with van der Waals surface area (Å²) in [6, 6.07) is 12.0. The Morgan fingerprint density at radius 2 is 1.89 bits per heavy atom. The standard InChI is InChI=1S/C20H17F3O4/c1-3-19(20(21,22)23)15(18(24)25)10-13-9-14(12-7-5-4-6-8-12)17(26-2)11-16(13)27-19/h4-11H,3H2,1-2H3,(H,24,25). The van der Waals surface area contributed by atoms with E-state index < -0.39 is 29.7 Å². The Hall–Kier alpha value is -2.96. The number of halogens is 3. The first-order valence-electron chi connectivity index (χ1n) is 8.22. The van der Waals surface area contributed by atoms with E-state index in [-0.39, 0.29) is 11.3 Å². The lowest BCUT2D eigenvalue weighted by atomic mass is 9.85. The molecule has 0 saturated carbocycles. The van der Waals surface area contributed by atoms with Gasteiger partial charge in [-0.05, 0) is 24.1 Å². The second-order valence-electron chi connectivity index (χ2n) is 6.10.